The molecule has 1 amide bonds. The van der Waals surface area contributed by atoms with Gasteiger partial charge in [-0.15, -0.1) is 0 Å². The van der Waals surface area contributed by atoms with Gasteiger partial charge in [-0.2, -0.15) is 0 Å². The predicted octanol–water partition coefficient (Wildman–Crippen LogP) is 0.979. The molecule has 1 aliphatic heterocycles. The first-order valence-electron chi connectivity index (χ1n) is 7.28. The van der Waals surface area contributed by atoms with Crippen LogP contribution in [0.5, 0.6) is 0 Å². The molecule has 0 saturated heterocycles. The van der Waals surface area contributed by atoms with Crippen LogP contribution >= 0.6 is 0 Å². The molecule has 122 valence electrons. The summed E-state index contributed by atoms with van der Waals surface area (Å²) in [4.78, 5) is 35.3. The van der Waals surface area contributed by atoms with Crippen LogP contribution in [0.3, 0.4) is 0 Å². The Morgan fingerprint density at radius 2 is 2.00 bits per heavy atom. The highest BCUT2D eigenvalue weighted by molar-refractivity contribution is 6.20. The number of carbonyl (C=O) groups is 3. The first-order valence-corrected chi connectivity index (χ1v) is 7.28. The molecule has 0 fully saturated rings. The lowest BCUT2D eigenvalue weighted by molar-refractivity contribution is -0.145. The maximum Gasteiger partial charge on any atom is 0.347 e. The van der Waals surface area contributed by atoms with Crippen molar-refractivity contribution >= 4 is 23.3 Å². The summed E-state index contributed by atoms with van der Waals surface area (Å²) in [6, 6.07) is 8.97. The van der Waals surface area contributed by atoms with E-state index < -0.39 is 24.3 Å². The Labute approximate surface area is 133 Å². The molecule has 0 radical (unpaired) electrons. The second-order valence-electron chi connectivity index (χ2n) is 4.83. The van der Waals surface area contributed by atoms with Crippen molar-refractivity contribution < 1.29 is 23.9 Å². The molecule has 2 rings (SSSR count). The van der Waals surface area contributed by atoms with E-state index in [0.29, 0.717) is 12.2 Å². The molecule has 23 heavy (non-hydrogen) atoms. The third kappa shape index (κ3) is 4.57. The van der Waals surface area contributed by atoms with Crippen LogP contribution in [0.4, 0.5) is 5.69 Å². The molecule has 1 heterocycles. The number of rotatable bonds is 7. The van der Waals surface area contributed by atoms with Gasteiger partial charge < -0.3 is 20.1 Å². The number of carbonyl (C=O) groups excluding carboxylic acids is 3. The molecule has 1 aromatic carbocycles. The van der Waals surface area contributed by atoms with Crippen LogP contribution < -0.4 is 10.6 Å². The number of nitrogens with one attached hydrogen (secondary N) is 2. The van der Waals surface area contributed by atoms with Gasteiger partial charge in [-0.05, 0) is 18.6 Å². The molecule has 0 saturated carbocycles. The van der Waals surface area contributed by atoms with Gasteiger partial charge in [0.15, 0.2) is 18.8 Å². The van der Waals surface area contributed by atoms with E-state index in [9.17, 15) is 14.4 Å². The number of anilines is 1. The minimum absolute atomic E-state index is 0.0418. The number of benzene rings is 1. The summed E-state index contributed by atoms with van der Waals surface area (Å²) < 4.78 is 10.1. The fourth-order valence-corrected chi connectivity index (χ4v) is 1.89. The SMILES string of the molecule is CCCNC(=O)COC(=O)C1=C(Nc2ccccc2)OCC1=O. The minimum Gasteiger partial charge on any atom is -0.470 e. The van der Waals surface area contributed by atoms with Crippen molar-refractivity contribution in [2.75, 3.05) is 25.1 Å². The molecule has 7 nitrogen and oxygen atoms in total. The summed E-state index contributed by atoms with van der Waals surface area (Å²) in [5.41, 5.74) is 0.459. The van der Waals surface area contributed by atoms with Gasteiger partial charge >= 0.3 is 5.97 Å². The highest BCUT2D eigenvalue weighted by atomic mass is 16.5. The Morgan fingerprint density at radius 1 is 1.26 bits per heavy atom. The Kier molecular flexibility index (Phi) is 5.74. The van der Waals surface area contributed by atoms with Gasteiger partial charge in [0.05, 0.1) is 0 Å². The van der Waals surface area contributed by atoms with Gasteiger partial charge in [0, 0.05) is 12.2 Å². The van der Waals surface area contributed by atoms with E-state index in [4.69, 9.17) is 9.47 Å². The van der Waals surface area contributed by atoms with Crippen molar-refractivity contribution in [1.29, 1.82) is 0 Å². The van der Waals surface area contributed by atoms with E-state index in [0.717, 1.165) is 6.42 Å². The number of ether oxygens (including phenoxy) is 2. The molecule has 0 aromatic heterocycles. The van der Waals surface area contributed by atoms with E-state index in [-0.39, 0.29) is 18.1 Å². The van der Waals surface area contributed by atoms with Crippen LogP contribution in [0.25, 0.3) is 0 Å². The minimum atomic E-state index is -0.877. The van der Waals surface area contributed by atoms with Gasteiger partial charge in [-0.3, -0.25) is 9.59 Å². The average molecular weight is 318 g/mol. The number of hydrogen-bond donors (Lipinski definition) is 2. The largest absolute Gasteiger partial charge is 0.470 e. The van der Waals surface area contributed by atoms with Crippen molar-refractivity contribution in [2.45, 2.75) is 13.3 Å². The number of hydrogen-bond acceptors (Lipinski definition) is 6. The summed E-state index contributed by atoms with van der Waals surface area (Å²) in [7, 11) is 0. The van der Waals surface area contributed by atoms with Gasteiger partial charge in [-0.25, -0.2) is 4.79 Å². The Hall–Kier alpha value is -2.83. The van der Waals surface area contributed by atoms with E-state index in [2.05, 4.69) is 10.6 Å². The molecular weight excluding hydrogens is 300 g/mol. The van der Waals surface area contributed by atoms with Gasteiger partial charge in [-0.1, -0.05) is 25.1 Å². The van der Waals surface area contributed by atoms with Crippen LogP contribution in [0, 0.1) is 0 Å². The Morgan fingerprint density at radius 3 is 2.70 bits per heavy atom. The van der Waals surface area contributed by atoms with Crippen molar-refractivity contribution in [3.05, 3.63) is 41.8 Å². The second-order valence-corrected chi connectivity index (χ2v) is 4.83. The van der Waals surface area contributed by atoms with Crippen LogP contribution in [0.1, 0.15) is 13.3 Å². The summed E-state index contributed by atoms with van der Waals surface area (Å²) >= 11 is 0. The third-order valence-electron chi connectivity index (χ3n) is 3.00. The highest BCUT2D eigenvalue weighted by Gasteiger charge is 2.32. The quantitative estimate of drug-likeness (QED) is 0.575. The zero-order valence-electron chi connectivity index (χ0n) is 12.8. The van der Waals surface area contributed by atoms with Crippen LogP contribution in [0.2, 0.25) is 0 Å². The summed E-state index contributed by atoms with van der Waals surface area (Å²) in [5.74, 6) is -1.73. The monoisotopic (exact) mass is 318 g/mol. The van der Waals surface area contributed by atoms with Gasteiger partial charge in [0.1, 0.15) is 0 Å². The zero-order chi connectivity index (χ0) is 16.7. The molecule has 0 aliphatic carbocycles. The number of esters is 1. The van der Waals surface area contributed by atoms with E-state index >= 15 is 0 Å². The lowest BCUT2D eigenvalue weighted by Crippen LogP contribution is -2.30. The van der Waals surface area contributed by atoms with E-state index in [1.54, 1.807) is 24.3 Å². The summed E-state index contributed by atoms with van der Waals surface area (Å²) in [6.07, 6.45) is 0.780. The van der Waals surface area contributed by atoms with E-state index in [1.165, 1.54) is 0 Å². The average Bonchev–Trinajstić information content (AvgIpc) is 2.92. The topological polar surface area (TPSA) is 93.7 Å². The Balaban J connectivity index is 2.01. The van der Waals surface area contributed by atoms with Crippen LogP contribution in [0.15, 0.2) is 41.8 Å². The fourth-order valence-electron chi connectivity index (χ4n) is 1.89. The van der Waals surface area contributed by atoms with Crippen molar-refractivity contribution in [2.24, 2.45) is 0 Å². The van der Waals surface area contributed by atoms with Crippen molar-refractivity contribution in [1.82, 2.24) is 5.32 Å². The highest BCUT2D eigenvalue weighted by Crippen LogP contribution is 2.20. The predicted molar refractivity (Wildman–Crippen MR) is 82.3 cm³/mol. The zero-order valence-corrected chi connectivity index (χ0v) is 12.8. The number of para-hydroxylation sites is 1. The van der Waals surface area contributed by atoms with Gasteiger partial charge in [0.2, 0.25) is 11.7 Å². The molecule has 1 aliphatic rings. The fraction of sp³-hybridized carbons (Fsp3) is 0.312. The lowest BCUT2D eigenvalue weighted by atomic mass is 10.2. The van der Waals surface area contributed by atoms with E-state index in [1.807, 2.05) is 13.0 Å². The maximum atomic E-state index is 12.0. The summed E-state index contributed by atoms with van der Waals surface area (Å²) in [6.45, 7) is 1.74. The molecule has 0 unspecified atom stereocenters. The number of amides is 1. The number of ketones is 1. The Bertz CT molecular complexity index is 625. The van der Waals surface area contributed by atoms with Crippen LogP contribution in [-0.4, -0.2) is 37.4 Å². The molecule has 0 atom stereocenters. The molecule has 0 bridgehead atoms. The molecule has 2 N–H and O–H groups in total. The first kappa shape index (κ1) is 16.5. The standard InChI is InChI=1S/C16H18N2O5/c1-2-8-17-13(20)10-23-16(21)14-12(19)9-22-15(14)18-11-6-4-3-5-7-11/h3-7,18H,2,8-10H2,1H3,(H,17,20). The maximum absolute atomic E-state index is 12.0. The normalized spacial score (nSPS) is 13.5. The first-order chi connectivity index (χ1) is 11.1. The van der Waals surface area contributed by atoms with Crippen LogP contribution in [-0.2, 0) is 23.9 Å². The second kappa shape index (κ2) is 7.98. The lowest BCUT2D eigenvalue weighted by Gasteiger charge is -2.09. The molecule has 7 heteroatoms. The van der Waals surface area contributed by atoms with Gasteiger partial charge in [0.25, 0.3) is 5.91 Å². The molecule has 1 aromatic rings. The third-order valence-corrected chi connectivity index (χ3v) is 3.00. The number of Topliss-reactive ketones (excluding diaryl/α,β-unsaturated/α-hetero) is 1. The van der Waals surface area contributed by atoms with Crippen molar-refractivity contribution in [3.63, 3.8) is 0 Å². The van der Waals surface area contributed by atoms with Crippen molar-refractivity contribution in [3.8, 4) is 0 Å². The smallest absolute Gasteiger partial charge is 0.347 e. The molecule has 0 spiro atoms. The molecular formula is C16H18N2O5. The summed E-state index contributed by atoms with van der Waals surface area (Å²) in [5, 5.41) is 5.44.